The second kappa shape index (κ2) is 7.87. The van der Waals surface area contributed by atoms with Crippen molar-refractivity contribution in [3.8, 4) is 0 Å². The van der Waals surface area contributed by atoms with Crippen LogP contribution in [0.2, 0.25) is 0 Å². The van der Waals surface area contributed by atoms with Gasteiger partial charge in [0.05, 0.1) is 6.21 Å². The van der Waals surface area contributed by atoms with Gasteiger partial charge < -0.3 is 0 Å². The lowest BCUT2D eigenvalue weighted by atomic mass is 9.87. The van der Waals surface area contributed by atoms with Gasteiger partial charge in [-0.2, -0.15) is 9.78 Å². The average Bonchev–Trinajstić information content (AvgIpc) is 3.06. The third-order valence-electron chi connectivity index (χ3n) is 4.10. The van der Waals surface area contributed by atoms with Gasteiger partial charge >= 0.3 is 0 Å². The highest BCUT2D eigenvalue weighted by atomic mass is 32.2. The number of hydrogen-bond acceptors (Lipinski definition) is 4. The largest absolute Gasteiger partial charge is 0.212 e. The Hall–Kier alpha value is -2.40. The molecule has 26 heavy (non-hydrogen) atoms. The zero-order valence-electron chi connectivity index (χ0n) is 15.7. The van der Waals surface area contributed by atoms with E-state index in [1.165, 1.54) is 16.7 Å². The summed E-state index contributed by atoms with van der Waals surface area (Å²) in [6.45, 7) is 8.73. The van der Waals surface area contributed by atoms with Crippen molar-refractivity contribution in [3.63, 3.8) is 0 Å². The van der Waals surface area contributed by atoms with Crippen molar-refractivity contribution in [1.82, 2.24) is 14.9 Å². The summed E-state index contributed by atoms with van der Waals surface area (Å²) in [6.07, 6.45) is 3.48. The summed E-state index contributed by atoms with van der Waals surface area (Å²) in [5, 5.41) is 13.4. The maximum absolute atomic E-state index is 4.50. The molecule has 0 aliphatic carbocycles. The molecule has 0 unspecified atom stereocenters. The van der Waals surface area contributed by atoms with Gasteiger partial charge in [0.15, 0.2) is 0 Å². The first-order valence-corrected chi connectivity index (χ1v) is 9.64. The Morgan fingerprint density at radius 2 is 1.73 bits per heavy atom. The Morgan fingerprint density at radius 3 is 2.38 bits per heavy atom. The monoisotopic (exact) mass is 364 g/mol. The number of benzene rings is 2. The molecule has 0 fully saturated rings. The van der Waals surface area contributed by atoms with Gasteiger partial charge in [-0.25, -0.2) is 0 Å². The van der Waals surface area contributed by atoms with E-state index in [2.05, 4.69) is 91.5 Å². The fourth-order valence-corrected chi connectivity index (χ4v) is 3.24. The number of aromatic nitrogens is 3. The third-order valence-corrected chi connectivity index (χ3v) is 5.10. The number of aryl methyl sites for hydroxylation is 1. The van der Waals surface area contributed by atoms with E-state index in [0.29, 0.717) is 0 Å². The van der Waals surface area contributed by atoms with Gasteiger partial charge in [0.1, 0.15) is 6.33 Å². The van der Waals surface area contributed by atoms with Crippen LogP contribution in [-0.2, 0) is 11.2 Å². The van der Waals surface area contributed by atoms with Crippen LogP contribution in [0.4, 0.5) is 0 Å². The molecule has 3 aromatic rings. The Kier molecular flexibility index (Phi) is 5.57. The van der Waals surface area contributed by atoms with Gasteiger partial charge in [0.25, 0.3) is 0 Å². The fourth-order valence-electron chi connectivity index (χ4n) is 2.42. The van der Waals surface area contributed by atoms with Crippen molar-refractivity contribution in [2.24, 2.45) is 5.10 Å². The first-order chi connectivity index (χ1) is 12.4. The highest BCUT2D eigenvalue weighted by Gasteiger charge is 2.12. The quantitative estimate of drug-likeness (QED) is 0.469. The topological polar surface area (TPSA) is 43.1 Å². The van der Waals surface area contributed by atoms with Gasteiger partial charge in [-0.05, 0) is 29.0 Å². The van der Waals surface area contributed by atoms with Gasteiger partial charge in [-0.3, -0.25) is 0 Å². The minimum Gasteiger partial charge on any atom is -0.195 e. The molecule has 4 nitrogen and oxygen atoms in total. The molecule has 0 aliphatic rings. The third kappa shape index (κ3) is 4.82. The highest BCUT2D eigenvalue weighted by molar-refractivity contribution is 7.98. The van der Waals surface area contributed by atoms with E-state index < -0.39 is 0 Å². The molecule has 0 saturated heterocycles. The van der Waals surface area contributed by atoms with Crippen LogP contribution in [0.15, 0.2) is 65.1 Å². The fraction of sp³-hybridized carbons (Fsp3) is 0.286. The first-order valence-electron chi connectivity index (χ1n) is 8.65. The molecular formula is C21H24N4S. The lowest BCUT2D eigenvalue weighted by molar-refractivity contribution is 0.590. The summed E-state index contributed by atoms with van der Waals surface area (Å²) < 4.78 is 1.72. The van der Waals surface area contributed by atoms with Crippen LogP contribution in [0.25, 0.3) is 0 Å². The van der Waals surface area contributed by atoms with Crippen LogP contribution in [0.5, 0.6) is 0 Å². The molecule has 0 radical (unpaired) electrons. The van der Waals surface area contributed by atoms with Gasteiger partial charge in [0, 0.05) is 5.75 Å². The number of hydrogen-bond donors (Lipinski definition) is 0. The van der Waals surface area contributed by atoms with Crippen LogP contribution in [0, 0.1) is 6.92 Å². The van der Waals surface area contributed by atoms with E-state index in [4.69, 9.17) is 0 Å². The van der Waals surface area contributed by atoms with Gasteiger partial charge in [0.2, 0.25) is 5.16 Å². The first kappa shape index (κ1) is 18.4. The summed E-state index contributed by atoms with van der Waals surface area (Å²) in [4.78, 5) is 0. The van der Waals surface area contributed by atoms with Gasteiger partial charge in [-0.1, -0.05) is 86.6 Å². The maximum Gasteiger partial charge on any atom is 0.212 e. The van der Waals surface area contributed by atoms with Crippen molar-refractivity contribution >= 4 is 18.0 Å². The van der Waals surface area contributed by atoms with E-state index in [9.17, 15) is 0 Å². The standard InChI is InChI=1S/C21H24N4S/c1-16-5-7-18(8-6-16)14-26-20-24-22-15-25(20)23-13-17-9-11-19(12-10-17)21(2,3)4/h5-13,15H,14H2,1-4H3/b23-13-. The summed E-state index contributed by atoms with van der Waals surface area (Å²) in [6, 6.07) is 17.0. The molecule has 0 bridgehead atoms. The van der Waals surface area contributed by atoms with E-state index in [1.807, 2.05) is 6.21 Å². The molecular weight excluding hydrogens is 340 g/mol. The van der Waals surface area contributed by atoms with Crippen molar-refractivity contribution in [2.75, 3.05) is 0 Å². The van der Waals surface area contributed by atoms with Crippen molar-refractivity contribution in [3.05, 3.63) is 77.1 Å². The van der Waals surface area contributed by atoms with Crippen molar-refractivity contribution in [1.29, 1.82) is 0 Å². The smallest absolute Gasteiger partial charge is 0.195 e. The minimum atomic E-state index is 0.156. The van der Waals surface area contributed by atoms with Crippen molar-refractivity contribution in [2.45, 2.75) is 44.0 Å². The lowest BCUT2D eigenvalue weighted by Gasteiger charge is -2.18. The van der Waals surface area contributed by atoms with E-state index in [0.717, 1.165) is 16.5 Å². The predicted molar refractivity (Wildman–Crippen MR) is 109 cm³/mol. The molecule has 134 valence electrons. The normalized spacial score (nSPS) is 12.0. The van der Waals surface area contributed by atoms with Crippen LogP contribution in [0.1, 0.15) is 43.0 Å². The number of nitrogens with zero attached hydrogens (tertiary/aromatic N) is 4. The Morgan fingerprint density at radius 1 is 1.04 bits per heavy atom. The zero-order chi connectivity index (χ0) is 18.6. The second-order valence-electron chi connectivity index (χ2n) is 7.35. The van der Waals surface area contributed by atoms with E-state index >= 15 is 0 Å². The summed E-state index contributed by atoms with van der Waals surface area (Å²) in [5.41, 5.74) is 5.05. The zero-order valence-corrected chi connectivity index (χ0v) is 16.5. The van der Waals surface area contributed by atoms with Crippen LogP contribution >= 0.6 is 11.8 Å². The summed E-state index contributed by atoms with van der Waals surface area (Å²) in [5.74, 6) is 0.842. The van der Waals surface area contributed by atoms with Gasteiger partial charge in [-0.15, -0.1) is 10.2 Å². The molecule has 5 heteroatoms. The second-order valence-corrected chi connectivity index (χ2v) is 8.29. The van der Waals surface area contributed by atoms with Crippen LogP contribution in [-0.4, -0.2) is 21.1 Å². The summed E-state index contributed by atoms with van der Waals surface area (Å²) >= 11 is 1.63. The van der Waals surface area contributed by atoms with E-state index in [1.54, 1.807) is 22.8 Å². The predicted octanol–water partition coefficient (Wildman–Crippen LogP) is 5.06. The Bertz CT molecular complexity index is 872. The minimum absolute atomic E-state index is 0.156. The maximum atomic E-state index is 4.50. The Balaban J connectivity index is 1.66. The molecule has 0 atom stereocenters. The summed E-state index contributed by atoms with van der Waals surface area (Å²) in [7, 11) is 0. The number of thioether (sulfide) groups is 1. The molecule has 0 aliphatic heterocycles. The Labute approximate surface area is 159 Å². The molecule has 0 amide bonds. The molecule has 0 saturated carbocycles. The average molecular weight is 365 g/mol. The SMILES string of the molecule is Cc1ccc(CSc2nncn2/N=C\c2ccc(C(C)(C)C)cc2)cc1. The van der Waals surface area contributed by atoms with Crippen LogP contribution < -0.4 is 0 Å². The van der Waals surface area contributed by atoms with Crippen LogP contribution in [0.3, 0.4) is 0 Å². The molecule has 0 N–H and O–H groups in total. The highest BCUT2D eigenvalue weighted by Crippen LogP contribution is 2.22. The van der Waals surface area contributed by atoms with Crippen molar-refractivity contribution < 1.29 is 0 Å². The molecule has 1 aromatic heterocycles. The molecule has 0 spiro atoms. The van der Waals surface area contributed by atoms with E-state index in [-0.39, 0.29) is 5.41 Å². The molecule has 3 rings (SSSR count). The lowest BCUT2D eigenvalue weighted by Crippen LogP contribution is -2.10. The molecule has 2 aromatic carbocycles. The molecule has 1 heterocycles. The number of rotatable bonds is 5.